The van der Waals surface area contributed by atoms with Crippen LogP contribution in [0.5, 0.6) is 0 Å². The maximum Gasteiger partial charge on any atom is 0.409 e. The smallest absolute Gasteiger partial charge is 0.409 e. The van der Waals surface area contributed by atoms with Crippen molar-refractivity contribution in [3.63, 3.8) is 0 Å². The Hall–Kier alpha value is -3.10. The van der Waals surface area contributed by atoms with Gasteiger partial charge in [-0.15, -0.1) is 0 Å². The standard InChI is InChI=1S/C19H24N4O4/c1-2-3-12-26-19(25)23-17(8-10-21)27-14-15-6-4-7-16(13-15)18(24)22-11-5-9-20/h4,6-7,13,17H,2-3,5,8,11-12,14H2,1H3,(H,22,24)(H,23,25). The van der Waals surface area contributed by atoms with E-state index in [-0.39, 0.29) is 31.9 Å². The number of hydrogen-bond acceptors (Lipinski definition) is 6. The summed E-state index contributed by atoms with van der Waals surface area (Å²) in [6.07, 6.45) is 0.444. The summed E-state index contributed by atoms with van der Waals surface area (Å²) >= 11 is 0. The lowest BCUT2D eigenvalue weighted by Crippen LogP contribution is -2.37. The van der Waals surface area contributed by atoms with E-state index in [1.165, 1.54) is 0 Å². The number of ether oxygens (including phenoxy) is 2. The Morgan fingerprint density at radius 1 is 1.26 bits per heavy atom. The maximum atomic E-state index is 12.0. The van der Waals surface area contributed by atoms with Gasteiger partial charge < -0.3 is 14.8 Å². The molecular formula is C19H24N4O4. The number of nitriles is 2. The van der Waals surface area contributed by atoms with Gasteiger partial charge in [-0.25, -0.2) is 4.79 Å². The summed E-state index contributed by atoms with van der Waals surface area (Å²) < 4.78 is 10.6. The van der Waals surface area contributed by atoms with Crippen LogP contribution in [-0.4, -0.2) is 31.4 Å². The molecule has 0 saturated heterocycles. The zero-order chi connectivity index (χ0) is 19.9. The van der Waals surface area contributed by atoms with Gasteiger partial charge in [0.2, 0.25) is 0 Å². The quantitative estimate of drug-likeness (QED) is 0.454. The first kappa shape index (κ1) is 21.9. The highest BCUT2D eigenvalue weighted by molar-refractivity contribution is 5.94. The predicted octanol–water partition coefficient (Wildman–Crippen LogP) is 2.61. The molecule has 0 saturated carbocycles. The number of nitrogens with zero attached hydrogens (tertiary/aromatic N) is 2. The van der Waals surface area contributed by atoms with Crippen LogP contribution in [0.15, 0.2) is 24.3 Å². The third kappa shape index (κ3) is 9.24. The highest BCUT2D eigenvalue weighted by Gasteiger charge is 2.14. The molecule has 0 bridgehead atoms. The average molecular weight is 372 g/mol. The minimum Gasteiger partial charge on any atom is -0.450 e. The van der Waals surface area contributed by atoms with Crippen molar-refractivity contribution in [1.82, 2.24) is 10.6 Å². The second-order valence-electron chi connectivity index (χ2n) is 5.66. The van der Waals surface area contributed by atoms with E-state index in [4.69, 9.17) is 20.0 Å². The lowest BCUT2D eigenvalue weighted by molar-refractivity contribution is 0.0181. The highest BCUT2D eigenvalue weighted by atomic mass is 16.6. The van der Waals surface area contributed by atoms with Crippen molar-refractivity contribution in [3.05, 3.63) is 35.4 Å². The highest BCUT2D eigenvalue weighted by Crippen LogP contribution is 2.09. The van der Waals surface area contributed by atoms with Gasteiger partial charge in [0.1, 0.15) is 6.23 Å². The van der Waals surface area contributed by atoms with E-state index in [2.05, 4.69) is 10.6 Å². The molecule has 27 heavy (non-hydrogen) atoms. The molecule has 1 rings (SSSR count). The molecule has 0 aliphatic heterocycles. The molecule has 1 aromatic carbocycles. The molecule has 144 valence electrons. The number of carbonyl (C=O) groups is 2. The average Bonchev–Trinajstić information content (AvgIpc) is 2.67. The molecule has 8 heteroatoms. The first-order chi connectivity index (χ1) is 13.1. The van der Waals surface area contributed by atoms with Crippen molar-refractivity contribution in [2.75, 3.05) is 13.2 Å². The Morgan fingerprint density at radius 2 is 2.07 bits per heavy atom. The van der Waals surface area contributed by atoms with Crippen molar-refractivity contribution in [1.29, 1.82) is 10.5 Å². The van der Waals surface area contributed by atoms with Crippen LogP contribution in [-0.2, 0) is 16.1 Å². The van der Waals surface area contributed by atoms with E-state index >= 15 is 0 Å². The van der Waals surface area contributed by atoms with Crippen LogP contribution in [0.3, 0.4) is 0 Å². The molecule has 1 aromatic rings. The molecule has 2 N–H and O–H groups in total. The van der Waals surface area contributed by atoms with E-state index in [0.717, 1.165) is 12.8 Å². The molecule has 8 nitrogen and oxygen atoms in total. The summed E-state index contributed by atoms with van der Waals surface area (Å²) in [6, 6.07) is 10.7. The monoisotopic (exact) mass is 372 g/mol. The lowest BCUT2D eigenvalue weighted by atomic mass is 10.1. The number of alkyl carbamates (subject to hydrolysis) is 1. The Morgan fingerprint density at radius 3 is 2.78 bits per heavy atom. The van der Waals surface area contributed by atoms with E-state index in [1.54, 1.807) is 24.3 Å². The molecule has 0 fully saturated rings. The van der Waals surface area contributed by atoms with Crippen LogP contribution < -0.4 is 10.6 Å². The SMILES string of the molecule is CCCCOC(=O)NC(CC#N)OCc1cccc(C(=O)NCCC#N)c1. The van der Waals surface area contributed by atoms with E-state index in [9.17, 15) is 9.59 Å². The van der Waals surface area contributed by atoms with Crippen molar-refractivity contribution >= 4 is 12.0 Å². The molecule has 1 atom stereocenters. The summed E-state index contributed by atoms with van der Waals surface area (Å²) in [6.45, 7) is 2.69. The van der Waals surface area contributed by atoms with Crippen molar-refractivity contribution in [3.8, 4) is 12.1 Å². The fraction of sp³-hybridized carbons (Fsp3) is 0.474. The van der Waals surface area contributed by atoms with Gasteiger partial charge in [0.15, 0.2) is 0 Å². The van der Waals surface area contributed by atoms with Crippen LogP contribution in [0.4, 0.5) is 4.79 Å². The van der Waals surface area contributed by atoms with E-state index < -0.39 is 12.3 Å². The fourth-order valence-corrected chi connectivity index (χ4v) is 2.05. The molecule has 2 amide bonds. The van der Waals surface area contributed by atoms with Gasteiger partial charge in [0.05, 0.1) is 38.2 Å². The topological polar surface area (TPSA) is 124 Å². The van der Waals surface area contributed by atoms with Gasteiger partial charge in [-0.2, -0.15) is 10.5 Å². The summed E-state index contributed by atoms with van der Waals surface area (Å²) in [5.41, 5.74) is 1.16. The number of rotatable bonds is 11. The lowest BCUT2D eigenvalue weighted by Gasteiger charge is -2.17. The van der Waals surface area contributed by atoms with Crippen molar-refractivity contribution in [2.45, 2.75) is 45.4 Å². The summed E-state index contributed by atoms with van der Waals surface area (Å²) in [4.78, 5) is 23.7. The third-order valence-corrected chi connectivity index (χ3v) is 3.45. The number of unbranched alkanes of at least 4 members (excludes halogenated alkanes) is 1. The molecule has 0 radical (unpaired) electrons. The molecule has 0 aliphatic carbocycles. The normalized spacial score (nSPS) is 10.9. The number of amides is 2. The Balaban J connectivity index is 2.56. The summed E-state index contributed by atoms with van der Waals surface area (Å²) in [5.74, 6) is -0.279. The number of benzene rings is 1. The second kappa shape index (κ2) is 13.2. The fourth-order valence-electron chi connectivity index (χ4n) is 2.05. The number of carbonyl (C=O) groups excluding carboxylic acids is 2. The molecule has 0 spiro atoms. The third-order valence-electron chi connectivity index (χ3n) is 3.45. The van der Waals surface area contributed by atoms with E-state index in [0.29, 0.717) is 17.7 Å². The minimum atomic E-state index is -0.808. The Labute approximate surface area is 159 Å². The van der Waals surface area contributed by atoms with Crippen molar-refractivity contribution in [2.24, 2.45) is 0 Å². The van der Waals surface area contributed by atoms with Gasteiger partial charge >= 0.3 is 6.09 Å². The first-order valence-corrected chi connectivity index (χ1v) is 8.76. The van der Waals surface area contributed by atoms with Crippen LogP contribution >= 0.6 is 0 Å². The van der Waals surface area contributed by atoms with Gasteiger partial charge in [0, 0.05) is 12.1 Å². The first-order valence-electron chi connectivity index (χ1n) is 8.76. The predicted molar refractivity (Wildman–Crippen MR) is 97.2 cm³/mol. The molecule has 0 aromatic heterocycles. The molecular weight excluding hydrogens is 348 g/mol. The van der Waals surface area contributed by atoms with E-state index in [1.807, 2.05) is 19.1 Å². The summed E-state index contributed by atoms with van der Waals surface area (Å²) in [7, 11) is 0. The van der Waals surface area contributed by atoms with Gasteiger partial charge in [-0.1, -0.05) is 25.5 Å². The maximum absolute atomic E-state index is 12.0. The van der Waals surface area contributed by atoms with Crippen LogP contribution in [0.1, 0.15) is 48.5 Å². The zero-order valence-electron chi connectivity index (χ0n) is 15.4. The largest absolute Gasteiger partial charge is 0.450 e. The van der Waals surface area contributed by atoms with Gasteiger partial charge in [0.25, 0.3) is 5.91 Å². The van der Waals surface area contributed by atoms with Crippen LogP contribution in [0.25, 0.3) is 0 Å². The number of nitrogens with one attached hydrogen (secondary N) is 2. The molecule has 1 unspecified atom stereocenters. The van der Waals surface area contributed by atoms with Crippen LogP contribution in [0, 0.1) is 22.7 Å². The minimum absolute atomic E-state index is 0.0305. The summed E-state index contributed by atoms with van der Waals surface area (Å²) in [5, 5.41) is 22.5. The molecule has 0 aliphatic rings. The van der Waals surface area contributed by atoms with Gasteiger partial charge in [-0.3, -0.25) is 10.1 Å². The zero-order valence-corrected chi connectivity index (χ0v) is 15.4. The van der Waals surface area contributed by atoms with Crippen LogP contribution in [0.2, 0.25) is 0 Å². The van der Waals surface area contributed by atoms with Gasteiger partial charge in [-0.05, 0) is 24.1 Å². The Bertz CT molecular complexity index is 694. The molecule has 0 heterocycles. The Kier molecular flexibility index (Phi) is 10.7. The number of hydrogen-bond donors (Lipinski definition) is 2. The second-order valence-corrected chi connectivity index (χ2v) is 5.66. The van der Waals surface area contributed by atoms with Crippen molar-refractivity contribution < 1.29 is 19.1 Å².